The molecule has 2 aliphatic carbocycles. The molecule has 3 rings (SSSR count). The van der Waals surface area contributed by atoms with E-state index in [0.29, 0.717) is 0 Å². The molecule has 0 heteroatoms. The first-order chi connectivity index (χ1) is 8.40. The molecule has 0 bridgehead atoms. The van der Waals surface area contributed by atoms with Crippen LogP contribution in [0.2, 0.25) is 0 Å². The number of fused-ring (bicyclic) bond motifs is 2. The second kappa shape index (κ2) is 4.52. The minimum atomic E-state index is 1.21. The van der Waals surface area contributed by atoms with Gasteiger partial charge in [-0.3, -0.25) is 0 Å². The van der Waals surface area contributed by atoms with Crippen LogP contribution in [0.3, 0.4) is 0 Å². The van der Waals surface area contributed by atoms with Gasteiger partial charge in [-0.05, 0) is 54.4 Å². The lowest BCUT2D eigenvalue weighted by Crippen LogP contribution is -2.03. The molecule has 0 saturated heterocycles. The normalized spacial score (nSPS) is 17.8. The molecule has 1 aromatic rings. The van der Waals surface area contributed by atoms with Crippen molar-refractivity contribution >= 4 is 5.57 Å². The van der Waals surface area contributed by atoms with Gasteiger partial charge in [-0.15, -0.1) is 0 Å². The van der Waals surface area contributed by atoms with E-state index in [1.807, 2.05) is 0 Å². The maximum absolute atomic E-state index is 2.47. The van der Waals surface area contributed by atoms with Crippen molar-refractivity contribution in [3.05, 3.63) is 52.6 Å². The van der Waals surface area contributed by atoms with Crippen LogP contribution < -0.4 is 0 Å². The van der Waals surface area contributed by atoms with Crippen molar-refractivity contribution in [3.8, 4) is 0 Å². The zero-order valence-corrected chi connectivity index (χ0v) is 10.6. The average molecular weight is 224 g/mol. The Bertz CT molecular complexity index is 489. The molecule has 0 nitrogen and oxygen atoms in total. The molecule has 0 atom stereocenters. The first-order valence-electron chi connectivity index (χ1n) is 6.90. The quantitative estimate of drug-likeness (QED) is 0.684. The predicted octanol–water partition coefficient (Wildman–Crippen LogP) is 4.91. The van der Waals surface area contributed by atoms with Gasteiger partial charge in [0.25, 0.3) is 0 Å². The van der Waals surface area contributed by atoms with Crippen molar-refractivity contribution in [2.45, 2.75) is 45.4 Å². The van der Waals surface area contributed by atoms with E-state index in [-0.39, 0.29) is 0 Å². The number of rotatable bonds is 3. The highest BCUT2D eigenvalue weighted by Gasteiger charge is 2.23. The average Bonchev–Trinajstić information content (AvgIpc) is 2.80. The molecule has 0 amide bonds. The topological polar surface area (TPSA) is 0 Å². The molecule has 17 heavy (non-hydrogen) atoms. The minimum absolute atomic E-state index is 1.21. The highest BCUT2D eigenvalue weighted by molar-refractivity contribution is 5.86. The molecular formula is C17H20. The van der Waals surface area contributed by atoms with Gasteiger partial charge in [0, 0.05) is 0 Å². The second-order valence-corrected chi connectivity index (χ2v) is 5.17. The molecule has 0 spiro atoms. The fourth-order valence-electron chi connectivity index (χ4n) is 3.13. The van der Waals surface area contributed by atoms with E-state index < -0.39 is 0 Å². The van der Waals surface area contributed by atoms with Gasteiger partial charge in [0.1, 0.15) is 0 Å². The van der Waals surface area contributed by atoms with Crippen LogP contribution in [0, 0.1) is 0 Å². The molecular weight excluding hydrogens is 204 g/mol. The summed E-state index contributed by atoms with van der Waals surface area (Å²) in [6.45, 7) is 2.28. The first kappa shape index (κ1) is 10.8. The van der Waals surface area contributed by atoms with Gasteiger partial charge in [-0.2, -0.15) is 0 Å². The number of hydrogen-bond donors (Lipinski definition) is 0. The molecule has 0 aromatic heterocycles. The van der Waals surface area contributed by atoms with Crippen LogP contribution >= 0.6 is 0 Å². The highest BCUT2D eigenvalue weighted by Crippen LogP contribution is 2.43. The van der Waals surface area contributed by atoms with Crippen molar-refractivity contribution < 1.29 is 0 Å². The third kappa shape index (κ3) is 1.86. The summed E-state index contributed by atoms with van der Waals surface area (Å²) in [4.78, 5) is 0. The summed E-state index contributed by atoms with van der Waals surface area (Å²) in [7, 11) is 0. The summed E-state index contributed by atoms with van der Waals surface area (Å²) in [6, 6.07) is 8.98. The lowest BCUT2D eigenvalue weighted by Gasteiger charge is -2.21. The van der Waals surface area contributed by atoms with Gasteiger partial charge in [-0.1, -0.05) is 49.3 Å². The second-order valence-electron chi connectivity index (χ2n) is 5.17. The van der Waals surface area contributed by atoms with E-state index in [2.05, 4.69) is 37.3 Å². The molecule has 0 fully saturated rings. The van der Waals surface area contributed by atoms with E-state index in [4.69, 9.17) is 0 Å². The maximum Gasteiger partial charge on any atom is -0.0123 e. The van der Waals surface area contributed by atoms with Crippen molar-refractivity contribution in [1.82, 2.24) is 0 Å². The van der Waals surface area contributed by atoms with Crippen molar-refractivity contribution in [2.75, 3.05) is 0 Å². The van der Waals surface area contributed by atoms with Gasteiger partial charge in [0.15, 0.2) is 0 Å². The smallest absolute Gasteiger partial charge is 0.0123 e. The summed E-state index contributed by atoms with van der Waals surface area (Å²) in [5.74, 6) is 0. The maximum atomic E-state index is 2.47. The van der Waals surface area contributed by atoms with E-state index in [9.17, 15) is 0 Å². The lowest BCUT2D eigenvalue weighted by atomic mass is 9.84. The number of aryl methyl sites for hydroxylation is 1. The SMILES string of the molecule is CCCCC1=CCC2=C1c1ccccc1CC2. The van der Waals surface area contributed by atoms with Crippen molar-refractivity contribution in [1.29, 1.82) is 0 Å². The Morgan fingerprint density at radius 1 is 1.12 bits per heavy atom. The molecule has 0 unspecified atom stereocenters. The molecule has 0 saturated carbocycles. The summed E-state index contributed by atoms with van der Waals surface area (Å²) in [5, 5.41) is 0. The molecule has 0 heterocycles. The zero-order valence-electron chi connectivity index (χ0n) is 10.6. The minimum Gasteiger partial charge on any atom is -0.0766 e. The first-order valence-corrected chi connectivity index (χ1v) is 6.90. The van der Waals surface area contributed by atoms with Crippen LogP contribution in [-0.2, 0) is 6.42 Å². The van der Waals surface area contributed by atoms with Crippen LogP contribution in [0.5, 0.6) is 0 Å². The van der Waals surface area contributed by atoms with Gasteiger partial charge >= 0.3 is 0 Å². The molecule has 0 radical (unpaired) electrons. The van der Waals surface area contributed by atoms with E-state index in [1.54, 1.807) is 22.3 Å². The number of allylic oxidation sites excluding steroid dienone is 4. The van der Waals surface area contributed by atoms with Gasteiger partial charge in [-0.25, -0.2) is 0 Å². The van der Waals surface area contributed by atoms with Crippen LogP contribution in [0.1, 0.15) is 50.2 Å². The van der Waals surface area contributed by atoms with Gasteiger partial charge in [0.2, 0.25) is 0 Å². The zero-order chi connectivity index (χ0) is 11.7. The van der Waals surface area contributed by atoms with Crippen LogP contribution in [0.25, 0.3) is 5.57 Å². The van der Waals surface area contributed by atoms with E-state index in [0.717, 1.165) is 0 Å². The standard InChI is InChI=1S/C17H20/c1-2-3-6-14-11-12-15-10-9-13-7-4-5-8-16(13)17(14)15/h4-5,7-8,11H,2-3,6,9-10,12H2,1H3. The van der Waals surface area contributed by atoms with Crippen LogP contribution in [-0.4, -0.2) is 0 Å². The third-order valence-electron chi connectivity index (χ3n) is 4.05. The molecule has 2 aliphatic rings. The number of benzene rings is 1. The highest BCUT2D eigenvalue weighted by atomic mass is 14.3. The third-order valence-corrected chi connectivity index (χ3v) is 4.05. The monoisotopic (exact) mass is 224 g/mol. The molecule has 0 N–H and O–H groups in total. The number of unbranched alkanes of at least 4 members (excludes halogenated alkanes) is 1. The van der Waals surface area contributed by atoms with Crippen molar-refractivity contribution in [3.63, 3.8) is 0 Å². The fourth-order valence-corrected chi connectivity index (χ4v) is 3.13. The van der Waals surface area contributed by atoms with E-state index in [1.165, 1.54) is 44.1 Å². The number of hydrogen-bond acceptors (Lipinski definition) is 0. The molecule has 88 valence electrons. The van der Waals surface area contributed by atoms with Crippen LogP contribution in [0.15, 0.2) is 41.5 Å². The summed E-state index contributed by atoms with van der Waals surface area (Å²) < 4.78 is 0. The Hall–Kier alpha value is -1.30. The van der Waals surface area contributed by atoms with Gasteiger partial charge < -0.3 is 0 Å². The van der Waals surface area contributed by atoms with E-state index >= 15 is 0 Å². The molecule has 0 aliphatic heterocycles. The Kier molecular flexibility index (Phi) is 2.88. The van der Waals surface area contributed by atoms with Crippen LogP contribution in [0.4, 0.5) is 0 Å². The summed E-state index contributed by atoms with van der Waals surface area (Å²) in [6.07, 6.45) is 10.1. The largest absolute Gasteiger partial charge is 0.0766 e. The predicted molar refractivity (Wildman–Crippen MR) is 73.9 cm³/mol. The molecule has 1 aromatic carbocycles. The lowest BCUT2D eigenvalue weighted by molar-refractivity contribution is 0.799. The van der Waals surface area contributed by atoms with Crippen molar-refractivity contribution in [2.24, 2.45) is 0 Å². The Labute approximate surface area is 104 Å². The summed E-state index contributed by atoms with van der Waals surface area (Å²) in [5.41, 5.74) is 7.99. The Morgan fingerprint density at radius 3 is 2.88 bits per heavy atom. The summed E-state index contributed by atoms with van der Waals surface area (Å²) >= 11 is 0. The fraction of sp³-hybridized carbons (Fsp3) is 0.412. The Balaban J connectivity index is 1.97. The van der Waals surface area contributed by atoms with Gasteiger partial charge in [0.05, 0.1) is 0 Å². The Morgan fingerprint density at radius 2 is 2.00 bits per heavy atom.